The molecule has 0 saturated carbocycles. The monoisotopic (exact) mass is 384 g/mol. The Bertz CT molecular complexity index is 592. The second kappa shape index (κ2) is 5.52. The molecule has 0 aliphatic carbocycles. The fraction of sp³-hybridized carbons (Fsp3) is 0.545. The van der Waals surface area contributed by atoms with E-state index in [-0.39, 0.29) is 14.8 Å². The van der Waals surface area contributed by atoms with Crippen LogP contribution in [0.25, 0.3) is 0 Å². The normalized spacial score (nSPS) is 20.4. The molecule has 0 spiro atoms. The van der Waals surface area contributed by atoms with Crippen molar-refractivity contribution in [2.75, 3.05) is 18.8 Å². The lowest BCUT2D eigenvalue weighted by Gasteiger charge is -2.36. The standard InChI is InChI=1S/C11H14BrClN2O2S2/c1-11(2)7-15(3-4-18-11)19(16,17)9-5-8(12)6-14-10(9)13/h5-6H,3-4,7H2,1-2H3. The van der Waals surface area contributed by atoms with Gasteiger partial charge in [0.25, 0.3) is 0 Å². The van der Waals surface area contributed by atoms with E-state index in [4.69, 9.17) is 11.6 Å². The predicted octanol–water partition coefficient (Wildman–Crippen LogP) is 3.01. The highest BCUT2D eigenvalue weighted by atomic mass is 79.9. The molecule has 1 aliphatic heterocycles. The fourth-order valence-electron chi connectivity index (χ4n) is 1.90. The van der Waals surface area contributed by atoms with Crippen molar-refractivity contribution in [1.29, 1.82) is 0 Å². The van der Waals surface area contributed by atoms with Crippen molar-refractivity contribution >= 4 is 49.3 Å². The van der Waals surface area contributed by atoms with Crippen molar-refractivity contribution in [3.63, 3.8) is 0 Å². The molecular weight excluding hydrogens is 372 g/mol. The van der Waals surface area contributed by atoms with Crippen LogP contribution in [0.4, 0.5) is 0 Å². The molecule has 0 amide bonds. The average molecular weight is 386 g/mol. The zero-order valence-electron chi connectivity index (χ0n) is 10.6. The van der Waals surface area contributed by atoms with Crippen LogP contribution in [0.1, 0.15) is 13.8 Å². The number of sulfonamides is 1. The summed E-state index contributed by atoms with van der Waals surface area (Å²) >= 11 is 10.9. The van der Waals surface area contributed by atoms with E-state index in [0.29, 0.717) is 17.6 Å². The van der Waals surface area contributed by atoms with Gasteiger partial charge in [-0.1, -0.05) is 11.6 Å². The van der Waals surface area contributed by atoms with E-state index in [1.165, 1.54) is 16.6 Å². The lowest BCUT2D eigenvalue weighted by atomic mass is 10.2. The molecule has 0 bridgehead atoms. The molecule has 1 aromatic heterocycles. The summed E-state index contributed by atoms with van der Waals surface area (Å²) in [4.78, 5) is 3.94. The lowest BCUT2D eigenvalue weighted by molar-refractivity contribution is 0.387. The minimum absolute atomic E-state index is 0.0132. The molecule has 1 aliphatic rings. The Morgan fingerprint density at radius 1 is 1.53 bits per heavy atom. The Morgan fingerprint density at radius 2 is 2.21 bits per heavy atom. The van der Waals surface area contributed by atoms with Crippen molar-refractivity contribution in [3.05, 3.63) is 21.9 Å². The van der Waals surface area contributed by atoms with Crippen LogP contribution in [0.5, 0.6) is 0 Å². The van der Waals surface area contributed by atoms with Gasteiger partial charge in [-0.15, -0.1) is 0 Å². The molecule has 1 saturated heterocycles. The molecule has 106 valence electrons. The van der Waals surface area contributed by atoms with E-state index in [0.717, 1.165) is 5.75 Å². The molecule has 0 atom stereocenters. The molecule has 4 nitrogen and oxygen atoms in total. The van der Waals surface area contributed by atoms with Crippen molar-refractivity contribution in [1.82, 2.24) is 9.29 Å². The van der Waals surface area contributed by atoms with Crippen LogP contribution in [0.3, 0.4) is 0 Å². The summed E-state index contributed by atoms with van der Waals surface area (Å²) in [5.41, 5.74) is 0. The lowest BCUT2D eigenvalue weighted by Crippen LogP contribution is -2.46. The second-order valence-electron chi connectivity index (χ2n) is 4.89. The maximum atomic E-state index is 12.6. The molecule has 2 heterocycles. The number of thioether (sulfide) groups is 1. The highest BCUT2D eigenvalue weighted by Crippen LogP contribution is 2.34. The fourth-order valence-corrected chi connectivity index (χ4v) is 5.73. The third-order valence-corrected chi connectivity index (χ3v) is 6.78. The predicted molar refractivity (Wildman–Crippen MR) is 82.2 cm³/mol. The summed E-state index contributed by atoms with van der Waals surface area (Å²) in [5.74, 6) is 0.783. The molecule has 8 heteroatoms. The van der Waals surface area contributed by atoms with Crippen molar-refractivity contribution in [2.45, 2.75) is 23.5 Å². The number of hydrogen-bond acceptors (Lipinski definition) is 4. The second-order valence-corrected chi connectivity index (χ2v) is 9.87. The van der Waals surface area contributed by atoms with Gasteiger partial charge in [-0.2, -0.15) is 16.1 Å². The van der Waals surface area contributed by atoms with Crippen LogP contribution in [-0.4, -0.2) is 41.3 Å². The van der Waals surface area contributed by atoms with Crippen LogP contribution >= 0.6 is 39.3 Å². The first-order valence-corrected chi connectivity index (χ1v) is 9.27. The van der Waals surface area contributed by atoms with Gasteiger partial charge >= 0.3 is 0 Å². The third kappa shape index (κ3) is 3.44. The summed E-state index contributed by atoms with van der Waals surface area (Å²) in [6, 6.07) is 1.50. The Hall–Kier alpha value is 0.180. The van der Waals surface area contributed by atoms with Crippen molar-refractivity contribution in [3.8, 4) is 0 Å². The van der Waals surface area contributed by atoms with Crippen LogP contribution in [0.2, 0.25) is 5.15 Å². The smallest absolute Gasteiger partial charge is 0.242 e. The van der Waals surface area contributed by atoms with Gasteiger partial charge in [-0.25, -0.2) is 13.4 Å². The zero-order valence-corrected chi connectivity index (χ0v) is 14.5. The number of aromatic nitrogens is 1. The van der Waals surface area contributed by atoms with E-state index < -0.39 is 10.0 Å². The Morgan fingerprint density at radius 3 is 2.84 bits per heavy atom. The molecule has 1 aromatic rings. The summed E-state index contributed by atoms with van der Waals surface area (Å²) in [5, 5.41) is 0.0132. The Kier molecular flexibility index (Phi) is 4.52. The number of halogens is 2. The first-order chi connectivity index (χ1) is 8.72. The molecule has 0 aromatic carbocycles. The zero-order chi connectivity index (χ0) is 14.3. The van der Waals surface area contributed by atoms with Gasteiger partial charge in [-0.3, -0.25) is 0 Å². The maximum Gasteiger partial charge on any atom is 0.246 e. The minimum Gasteiger partial charge on any atom is -0.242 e. The third-order valence-electron chi connectivity index (χ3n) is 2.78. The number of nitrogens with zero attached hydrogens (tertiary/aromatic N) is 2. The van der Waals surface area contributed by atoms with Crippen molar-refractivity contribution in [2.24, 2.45) is 0 Å². The van der Waals surface area contributed by atoms with E-state index >= 15 is 0 Å². The molecule has 0 radical (unpaired) electrons. The summed E-state index contributed by atoms with van der Waals surface area (Å²) in [7, 11) is -3.59. The maximum absolute atomic E-state index is 12.6. The number of hydrogen-bond donors (Lipinski definition) is 0. The average Bonchev–Trinajstić information content (AvgIpc) is 2.31. The van der Waals surface area contributed by atoms with E-state index in [1.54, 1.807) is 11.8 Å². The van der Waals surface area contributed by atoms with E-state index in [9.17, 15) is 8.42 Å². The number of pyridine rings is 1. The van der Waals surface area contributed by atoms with E-state index in [1.807, 2.05) is 13.8 Å². The van der Waals surface area contributed by atoms with Crippen molar-refractivity contribution < 1.29 is 8.42 Å². The van der Waals surface area contributed by atoms with Gasteiger partial charge in [0.2, 0.25) is 10.0 Å². The van der Waals surface area contributed by atoms with Crippen LogP contribution in [0.15, 0.2) is 21.6 Å². The van der Waals surface area contributed by atoms with Gasteiger partial charge in [0, 0.05) is 34.3 Å². The highest BCUT2D eigenvalue weighted by molar-refractivity contribution is 9.10. The molecule has 19 heavy (non-hydrogen) atoms. The molecular formula is C11H14BrClN2O2S2. The van der Waals surface area contributed by atoms with Crippen LogP contribution in [0, 0.1) is 0 Å². The first-order valence-electron chi connectivity index (χ1n) is 5.67. The van der Waals surface area contributed by atoms with Gasteiger partial charge in [0.15, 0.2) is 0 Å². The molecule has 2 rings (SSSR count). The van der Waals surface area contributed by atoms with Gasteiger partial charge < -0.3 is 0 Å². The summed E-state index contributed by atoms with van der Waals surface area (Å²) in [6.45, 7) is 5.06. The Labute approximate surface area is 131 Å². The topological polar surface area (TPSA) is 50.3 Å². The SMILES string of the molecule is CC1(C)CN(S(=O)(=O)c2cc(Br)cnc2Cl)CCS1. The summed E-state index contributed by atoms with van der Waals surface area (Å²) < 4.78 is 27.2. The largest absolute Gasteiger partial charge is 0.246 e. The minimum atomic E-state index is -3.59. The van der Waals surface area contributed by atoms with Gasteiger partial charge in [0.1, 0.15) is 10.0 Å². The number of rotatable bonds is 2. The van der Waals surface area contributed by atoms with Gasteiger partial charge in [0.05, 0.1) is 0 Å². The Balaban J connectivity index is 2.39. The summed E-state index contributed by atoms with van der Waals surface area (Å²) in [6.07, 6.45) is 1.48. The van der Waals surface area contributed by atoms with Gasteiger partial charge in [-0.05, 0) is 35.8 Å². The van der Waals surface area contributed by atoms with Crippen LogP contribution in [-0.2, 0) is 10.0 Å². The molecule has 0 N–H and O–H groups in total. The molecule has 1 fully saturated rings. The quantitative estimate of drug-likeness (QED) is 0.734. The molecule has 0 unspecified atom stereocenters. The van der Waals surface area contributed by atoms with Crippen LogP contribution < -0.4 is 0 Å². The first kappa shape index (κ1) is 15.6. The van der Waals surface area contributed by atoms with E-state index in [2.05, 4.69) is 20.9 Å². The highest BCUT2D eigenvalue weighted by Gasteiger charge is 2.35.